The largest absolute Gasteiger partial charge is 0.481 e. The molecule has 2 N–H and O–H groups in total. The minimum Gasteiger partial charge on any atom is -0.481 e. The number of hydrogen-bond donors (Lipinski definition) is 2. The van der Waals surface area contributed by atoms with Gasteiger partial charge in [0.15, 0.2) is 0 Å². The molecule has 0 bridgehead atoms. The van der Waals surface area contributed by atoms with Crippen LogP contribution in [0, 0.1) is 0 Å². The van der Waals surface area contributed by atoms with E-state index in [0.29, 0.717) is 6.54 Å². The molecule has 0 radical (unpaired) electrons. The molecule has 1 aromatic carbocycles. The van der Waals surface area contributed by atoms with E-state index in [1.807, 2.05) is 12.1 Å². The second-order valence-electron chi connectivity index (χ2n) is 5.59. The van der Waals surface area contributed by atoms with Gasteiger partial charge in [0.25, 0.3) is 0 Å². The Kier molecular flexibility index (Phi) is 5.20. The predicted molar refractivity (Wildman–Crippen MR) is 80.2 cm³/mol. The molecule has 2 amide bonds. The second kappa shape index (κ2) is 7.11. The van der Waals surface area contributed by atoms with Gasteiger partial charge in [0, 0.05) is 20.1 Å². The van der Waals surface area contributed by atoms with E-state index in [1.54, 1.807) is 7.05 Å². The molecular formula is C16H22N2O3. The monoisotopic (exact) mass is 290 g/mol. The number of amides is 2. The Bertz CT molecular complexity index is 495. The summed E-state index contributed by atoms with van der Waals surface area (Å²) in [5, 5.41) is 11.4. The fourth-order valence-corrected chi connectivity index (χ4v) is 2.33. The third kappa shape index (κ3) is 4.48. The molecule has 1 aromatic rings. The number of carbonyl (C=O) groups is 2. The molecule has 0 aliphatic heterocycles. The number of nitrogens with one attached hydrogen (secondary N) is 1. The van der Waals surface area contributed by atoms with Crippen LogP contribution in [0.2, 0.25) is 0 Å². The van der Waals surface area contributed by atoms with Crippen LogP contribution in [0.25, 0.3) is 0 Å². The molecule has 5 nitrogen and oxygen atoms in total. The van der Waals surface area contributed by atoms with Crippen LogP contribution in [0.3, 0.4) is 0 Å². The van der Waals surface area contributed by atoms with Crippen molar-refractivity contribution in [3.8, 4) is 0 Å². The first-order valence-electron chi connectivity index (χ1n) is 7.36. The molecule has 1 saturated carbocycles. The maximum absolute atomic E-state index is 11.8. The van der Waals surface area contributed by atoms with E-state index < -0.39 is 5.97 Å². The molecule has 0 unspecified atom stereocenters. The summed E-state index contributed by atoms with van der Waals surface area (Å²) < 4.78 is 0. The number of hydrogen-bond acceptors (Lipinski definition) is 2. The average Bonchev–Trinajstić information content (AvgIpc) is 2.41. The number of benzene rings is 1. The van der Waals surface area contributed by atoms with E-state index in [-0.39, 0.29) is 19.0 Å². The van der Waals surface area contributed by atoms with Crippen molar-refractivity contribution in [1.82, 2.24) is 10.2 Å². The highest BCUT2D eigenvalue weighted by Gasteiger charge is 2.18. The first kappa shape index (κ1) is 15.4. The van der Waals surface area contributed by atoms with Gasteiger partial charge in [-0.1, -0.05) is 30.7 Å². The maximum Gasteiger partial charge on any atom is 0.317 e. The van der Waals surface area contributed by atoms with Crippen LogP contribution >= 0.6 is 0 Å². The molecule has 21 heavy (non-hydrogen) atoms. The highest BCUT2D eigenvalue weighted by molar-refractivity contribution is 5.75. The number of rotatable bonds is 6. The van der Waals surface area contributed by atoms with Gasteiger partial charge < -0.3 is 15.3 Å². The van der Waals surface area contributed by atoms with Gasteiger partial charge in [-0.2, -0.15) is 0 Å². The van der Waals surface area contributed by atoms with Crippen molar-refractivity contribution in [2.45, 2.75) is 38.1 Å². The van der Waals surface area contributed by atoms with Gasteiger partial charge in [-0.15, -0.1) is 0 Å². The van der Waals surface area contributed by atoms with Crippen molar-refractivity contribution in [3.63, 3.8) is 0 Å². The highest BCUT2D eigenvalue weighted by atomic mass is 16.4. The first-order valence-corrected chi connectivity index (χ1v) is 7.36. The molecule has 0 saturated heterocycles. The van der Waals surface area contributed by atoms with Crippen LogP contribution in [0.15, 0.2) is 24.3 Å². The van der Waals surface area contributed by atoms with E-state index in [9.17, 15) is 9.59 Å². The molecule has 114 valence electrons. The lowest BCUT2D eigenvalue weighted by atomic mass is 9.80. The van der Waals surface area contributed by atoms with Gasteiger partial charge in [0.2, 0.25) is 0 Å². The van der Waals surface area contributed by atoms with Crippen LogP contribution in [-0.2, 0) is 11.3 Å². The van der Waals surface area contributed by atoms with Crippen molar-refractivity contribution < 1.29 is 14.7 Å². The summed E-state index contributed by atoms with van der Waals surface area (Å²) in [5.74, 6) is -0.183. The highest BCUT2D eigenvalue weighted by Crippen LogP contribution is 2.36. The van der Waals surface area contributed by atoms with E-state index in [4.69, 9.17) is 5.11 Å². The number of carbonyl (C=O) groups excluding carboxylic acids is 1. The minimum absolute atomic E-state index is 0.0417. The molecule has 5 heteroatoms. The zero-order valence-corrected chi connectivity index (χ0v) is 12.3. The molecule has 0 spiro atoms. The Balaban J connectivity index is 1.76. The standard InChI is InChI=1S/C16H22N2O3/c1-18(10-9-15(19)20)16(21)17-11-12-5-7-14(8-6-12)13-3-2-4-13/h5-8,13H,2-4,9-11H2,1H3,(H,17,21)(H,19,20). The second-order valence-corrected chi connectivity index (χ2v) is 5.59. The van der Waals surface area contributed by atoms with Gasteiger partial charge in [-0.3, -0.25) is 4.79 Å². The van der Waals surface area contributed by atoms with E-state index in [0.717, 1.165) is 11.5 Å². The molecular weight excluding hydrogens is 268 g/mol. The lowest BCUT2D eigenvalue weighted by Crippen LogP contribution is -2.37. The molecule has 1 aliphatic rings. The van der Waals surface area contributed by atoms with Crippen molar-refractivity contribution in [3.05, 3.63) is 35.4 Å². The van der Waals surface area contributed by atoms with Gasteiger partial charge in [-0.05, 0) is 29.9 Å². The van der Waals surface area contributed by atoms with Crippen molar-refractivity contribution in [1.29, 1.82) is 0 Å². The van der Waals surface area contributed by atoms with Crippen molar-refractivity contribution >= 4 is 12.0 Å². The van der Waals surface area contributed by atoms with E-state index >= 15 is 0 Å². The van der Waals surface area contributed by atoms with Crippen LogP contribution in [-0.4, -0.2) is 35.6 Å². The summed E-state index contributed by atoms with van der Waals surface area (Å²) in [6.45, 7) is 0.670. The normalized spacial score (nSPS) is 14.3. The third-order valence-electron chi connectivity index (χ3n) is 4.01. The first-order chi connectivity index (χ1) is 10.1. The van der Waals surface area contributed by atoms with E-state index in [2.05, 4.69) is 17.4 Å². The van der Waals surface area contributed by atoms with Gasteiger partial charge in [0.05, 0.1) is 6.42 Å². The Labute approximate surface area is 125 Å². The SMILES string of the molecule is CN(CCC(=O)O)C(=O)NCc1ccc(C2CCC2)cc1. The maximum atomic E-state index is 11.8. The summed E-state index contributed by atoms with van der Waals surface area (Å²) in [4.78, 5) is 23.6. The van der Waals surface area contributed by atoms with Crippen LogP contribution in [0.1, 0.15) is 42.7 Å². The summed E-state index contributed by atoms with van der Waals surface area (Å²) in [5.41, 5.74) is 2.44. The summed E-state index contributed by atoms with van der Waals surface area (Å²) >= 11 is 0. The number of carboxylic acids is 1. The van der Waals surface area contributed by atoms with Crippen molar-refractivity contribution in [2.75, 3.05) is 13.6 Å². The molecule has 0 heterocycles. The zero-order chi connectivity index (χ0) is 15.2. The lowest BCUT2D eigenvalue weighted by Gasteiger charge is -2.25. The van der Waals surface area contributed by atoms with Gasteiger partial charge >= 0.3 is 12.0 Å². The van der Waals surface area contributed by atoms with Crippen LogP contribution in [0.4, 0.5) is 4.79 Å². The predicted octanol–water partition coefficient (Wildman–Crippen LogP) is 2.57. The lowest BCUT2D eigenvalue weighted by molar-refractivity contribution is -0.137. The molecule has 1 aliphatic carbocycles. The molecule has 2 rings (SSSR count). The summed E-state index contributed by atoms with van der Waals surface area (Å²) in [6.07, 6.45) is 3.85. The van der Waals surface area contributed by atoms with Crippen molar-refractivity contribution in [2.24, 2.45) is 0 Å². The van der Waals surface area contributed by atoms with Crippen LogP contribution in [0.5, 0.6) is 0 Å². The Hall–Kier alpha value is -2.04. The minimum atomic E-state index is -0.902. The topological polar surface area (TPSA) is 69.6 Å². The van der Waals surface area contributed by atoms with Gasteiger partial charge in [-0.25, -0.2) is 4.79 Å². The molecule has 1 fully saturated rings. The quantitative estimate of drug-likeness (QED) is 0.846. The number of carboxylic acid groups (broad SMARTS) is 1. The third-order valence-corrected chi connectivity index (χ3v) is 4.01. The Morgan fingerprint density at radius 1 is 1.29 bits per heavy atom. The average molecular weight is 290 g/mol. The Morgan fingerprint density at radius 2 is 1.95 bits per heavy atom. The van der Waals surface area contributed by atoms with Crippen LogP contribution < -0.4 is 5.32 Å². The number of urea groups is 1. The van der Waals surface area contributed by atoms with Gasteiger partial charge in [0.1, 0.15) is 0 Å². The summed E-state index contributed by atoms with van der Waals surface area (Å²) in [6, 6.07) is 8.12. The Morgan fingerprint density at radius 3 is 2.48 bits per heavy atom. The number of aliphatic carboxylic acids is 1. The molecule has 0 aromatic heterocycles. The molecule has 0 atom stereocenters. The smallest absolute Gasteiger partial charge is 0.317 e. The van der Waals surface area contributed by atoms with E-state index in [1.165, 1.54) is 29.7 Å². The summed E-state index contributed by atoms with van der Waals surface area (Å²) in [7, 11) is 1.60. The fraction of sp³-hybridized carbons (Fsp3) is 0.500. The number of nitrogens with zero attached hydrogens (tertiary/aromatic N) is 1. The fourth-order valence-electron chi connectivity index (χ4n) is 2.33. The zero-order valence-electron chi connectivity index (χ0n) is 12.3.